The molecule has 0 aliphatic carbocycles. The molecule has 2 amide bonds. The zero-order valence-electron chi connectivity index (χ0n) is 7.67. The summed E-state index contributed by atoms with van der Waals surface area (Å²) in [4.78, 5) is 21.6. The van der Waals surface area contributed by atoms with Crippen LogP contribution in [-0.4, -0.2) is 30.9 Å². The van der Waals surface area contributed by atoms with Crippen molar-refractivity contribution in [3.63, 3.8) is 0 Å². The first-order chi connectivity index (χ1) is 6.09. The van der Waals surface area contributed by atoms with Crippen molar-refractivity contribution in [2.24, 2.45) is 11.7 Å². The highest BCUT2D eigenvalue weighted by Gasteiger charge is 2.25. The Morgan fingerprint density at radius 1 is 1.46 bits per heavy atom. The molecule has 0 spiro atoms. The molecule has 5 nitrogen and oxygen atoms in total. The lowest BCUT2D eigenvalue weighted by atomic mass is 9.95. The largest absolute Gasteiger partial charge is 0.369 e. The molecule has 1 aliphatic heterocycles. The van der Waals surface area contributed by atoms with Crippen LogP contribution >= 0.6 is 0 Å². The van der Waals surface area contributed by atoms with E-state index in [-0.39, 0.29) is 23.8 Å². The van der Waals surface area contributed by atoms with E-state index in [1.54, 1.807) is 0 Å². The highest BCUT2D eigenvalue weighted by Crippen LogP contribution is 2.09. The van der Waals surface area contributed by atoms with E-state index in [9.17, 15) is 9.59 Å². The van der Waals surface area contributed by atoms with Gasteiger partial charge in [0.15, 0.2) is 0 Å². The molecule has 4 N–H and O–H groups in total. The van der Waals surface area contributed by atoms with Crippen LogP contribution < -0.4 is 16.4 Å². The third kappa shape index (κ3) is 3.02. The number of hydrogen-bond acceptors (Lipinski definition) is 3. The lowest BCUT2D eigenvalue weighted by Gasteiger charge is -2.28. The number of carbonyl (C=O) groups excluding carboxylic acids is 2. The fourth-order valence-electron chi connectivity index (χ4n) is 1.56. The molecule has 74 valence electrons. The Labute approximate surface area is 77.1 Å². The first-order valence-corrected chi connectivity index (χ1v) is 4.36. The number of rotatable bonds is 2. The summed E-state index contributed by atoms with van der Waals surface area (Å²) >= 11 is 0. The summed E-state index contributed by atoms with van der Waals surface area (Å²) in [6, 6.07) is 0.0312. The van der Waals surface area contributed by atoms with E-state index in [1.807, 2.05) is 0 Å². The summed E-state index contributed by atoms with van der Waals surface area (Å²) in [6.07, 6.45) is 0.641. The van der Waals surface area contributed by atoms with E-state index in [0.717, 1.165) is 0 Å². The fourth-order valence-corrected chi connectivity index (χ4v) is 1.56. The molecule has 1 heterocycles. The quantitative estimate of drug-likeness (QED) is 0.494. The van der Waals surface area contributed by atoms with Crippen molar-refractivity contribution >= 4 is 11.8 Å². The molecule has 0 bridgehead atoms. The third-order valence-electron chi connectivity index (χ3n) is 2.16. The number of piperidine rings is 1. The van der Waals surface area contributed by atoms with E-state index >= 15 is 0 Å². The van der Waals surface area contributed by atoms with Gasteiger partial charge in [-0.25, -0.2) is 0 Å². The molecule has 0 aromatic heterocycles. The Kier molecular flexibility index (Phi) is 3.25. The monoisotopic (exact) mass is 185 g/mol. The second-order valence-electron chi connectivity index (χ2n) is 3.39. The standard InChI is InChI=1S/C8H15N3O2/c1-5(12)11-7-2-6(8(9)13)3-10-4-7/h6-7,10H,2-4H2,1H3,(H2,9,13)(H,11,12). The molecule has 1 saturated heterocycles. The van der Waals surface area contributed by atoms with E-state index < -0.39 is 0 Å². The molecule has 0 saturated carbocycles. The molecule has 1 aliphatic rings. The van der Waals surface area contributed by atoms with Crippen molar-refractivity contribution < 1.29 is 9.59 Å². The van der Waals surface area contributed by atoms with Crippen molar-refractivity contribution in [2.75, 3.05) is 13.1 Å². The van der Waals surface area contributed by atoms with Crippen LogP contribution in [0.1, 0.15) is 13.3 Å². The summed E-state index contributed by atoms with van der Waals surface area (Å²) in [5, 5.41) is 5.81. The van der Waals surface area contributed by atoms with Crippen LogP contribution in [0.25, 0.3) is 0 Å². The van der Waals surface area contributed by atoms with Gasteiger partial charge in [0.25, 0.3) is 0 Å². The number of nitrogens with two attached hydrogens (primary N) is 1. The van der Waals surface area contributed by atoms with Gasteiger partial charge >= 0.3 is 0 Å². The Morgan fingerprint density at radius 3 is 2.69 bits per heavy atom. The molecular weight excluding hydrogens is 170 g/mol. The first-order valence-electron chi connectivity index (χ1n) is 4.36. The average Bonchev–Trinajstić information content (AvgIpc) is 2.03. The second kappa shape index (κ2) is 4.23. The van der Waals surface area contributed by atoms with E-state index in [4.69, 9.17) is 5.73 Å². The molecule has 0 aromatic rings. The van der Waals surface area contributed by atoms with Crippen LogP contribution in [0.4, 0.5) is 0 Å². The summed E-state index contributed by atoms with van der Waals surface area (Å²) in [5.74, 6) is -0.537. The Bertz CT molecular complexity index is 217. The van der Waals surface area contributed by atoms with Crippen LogP contribution in [-0.2, 0) is 9.59 Å². The molecule has 2 atom stereocenters. The maximum Gasteiger partial charge on any atom is 0.221 e. The number of hydrogen-bond donors (Lipinski definition) is 3. The first kappa shape index (κ1) is 9.98. The lowest BCUT2D eigenvalue weighted by molar-refractivity contribution is -0.124. The van der Waals surface area contributed by atoms with Gasteiger partial charge in [0.2, 0.25) is 11.8 Å². The summed E-state index contributed by atoms with van der Waals surface area (Å²) in [6.45, 7) is 2.79. The Morgan fingerprint density at radius 2 is 2.15 bits per heavy atom. The van der Waals surface area contributed by atoms with Gasteiger partial charge in [-0.2, -0.15) is 0 Å². The summed E-state index contributed by atoms with van der Waals surface area (Å²) in [5.41, 5.74) is 5.17. The van der Waals surface area contributed by atoms with Gasteiger partial charge in [-0.3, -0.25) is 9.59 Å². The maximum atomic E-state index is 10.9. The van der Waals surface area contributed by atoms with Gasteiger partial charge in [-0.15, -0.1) is 0 Å². The third-order valence-corrected chi connectivity index (χ3v) is 2.16. The predicted molar refractivity (Wildman–Crippen MR) is 47.8 cm³/mol. The van der Waals surface area contributed by atoms with Crippen LogP contribution in [0, 0.1) is 5.92 Å². The van der Waals surface area contributed by atoms with Gasteiger partial charge in [0.1, 0.15) is 0 Å². The normalized spacial score (nSPS) is 28.1. The molecule has 13 heavy (non-hydrogen) atoms. The molecule has 1 fully saturated rings. The lowest BCUT2D eigenvalue weighted by Crippen LogP contribution is -2.51. The molecule has 0 aromatic carbocycles. The number of nitrogens with one attached hydrogen (secondary N) is 2. The minimum Gasteiger partial charge on any atom is -0.369 e. The molecular formula is C8H15N3O2. The maximum absolute atomic E-state index is 10.9. The van der Waals surface area contributed by atoms with Crippen LogP contribution in [0.15, 0.2) is 0 Å². The van der Waals surface area contributed by atoms with Gasteiger partial charge in [0.05, 0.1) is 5.92 Å². The van der Waals surface area contributed by atoms with Crippen LogP contribution in [0.5, 0.6) is 0 Å². The fraction of sp³-hybridized carbons (Fsp3) is 0.750. The van der Waals surface area contributed by atoms with Gasteiger partial charge < -0.3 is 16.4 Å². The minimum absolute atomic E-state index is 0.0312. The summed E-state index contributed by atoms with van der Waals surface area (Å²) in [7, 11) is 0. The molecule has 5 heteroatoms. The molecule has 1 rings (SSSR count). The molecule has 0 radical (unpaired) electrons. The van der Waals surface area contributed by atoms with Crippen molar-refractivity contribution in [2.45, 2.75) is 19.4 Å². The Balaban J connectivity index is 2.41. The second-order valence-corrected chi connectivity index (χ2v) is 3.39. The minimum atomic E-state index is -0.303. The van der Waals surface area contributed by atoms with Crippen molar-refractivity contribution in [1.29, 1.82) is 0 Å². The van der Waals surface area contributed by atoms with E-state index in [2.05, 4.69) is 10.6 Å². The zero-order chi connectivity index (χ0) is 9.84. The predicted octanol–water partition coefficient (Wildman–Crippen LogP) is -1.41. The highest BCUT2D eigenvalue weighted by atomic mass is 16.2. The van der Waals surface area contributed by atoms with Crippen molar-refractivity contribution in [3.05, 3.63) is 0 Å². The topological polar surface area (TPSA) is 84.2 Å². The van der Waals surface area contributed by atoms with Crippen LogP contribution in [0.3, 0.4) is 0 Å². The summed E-state index contributed by atoms with van der Waals surface area (Å²) < 4.78 is 0. The Hall–Kier alpha value is -1.10. The van der Waals surface area contributed by atoms with Gasteiger partial charge in [0, 0.05) is 26.1 Å². The van der Waals surface area contributed by atoms with Gasteiger partial charge in [-0.1, -0.05) is 0 Å². The van der Waals surface area contributed by atoms with Crippen LogP contribution in [0.2, 0.25) is 0 Å². The smallest absolute Gasteiger partial charge is 0.221 e. The van der Waals surface area contributed by atoms with E-state index in [1.165, 1.54) is 6.92 Å². The van der Waals surface area contributed by atoms with Gasteiger partial charge in [-0.05, 0) is 6.42 Å². The van der Waals surface area contributed by atoms with Crippen molar-refractivity contribution in [3.8, 4) is 0 Å². The SMILES string of the molecule is CC(=O)NC1CNCC(C(N)=O)C1. The highest BCUT2D eigenvalue weighted by molar-refractivity contribution is 5.77. The number of carbonyl (C=O) groups is 2. The van der Waals surface area contributed by atoms with E-state index in [0.29, 0.717) is 19.5 Å². The average molecular weight is 185 g/mol. The number of amides is 2. The number of primary amides is 1. The van der Waals surface area contributed by atoms with Crippen molar-refractivity contribution in [1.82, 2.24) is 10.6 Å². The zero-order valence-corrected chi connectivity index (χ0v) is 7.67. The molecule has 2 unspecified atom stereocenters.